The fourth-order valence-corrected chi connectivity index (χ4v) is 4.77. The van der Waals surface area contributed by atoms with Crippen LogP contribution in [0.5, 0.6) is 5.75 Å². The van der Waals surface area contributed by atoms with E-state index in [1.54, 1.807) is 18.4 Å². The number of hydrogen-bond donors (Lipinski definition) is 1. The molecule has 0 amide bonds. The fourth-order valence-electron chi connectivity index (χ4n) is 3.08. The van der Waals surface area contributed by atoms with Gasteiger partial charge in [-0.15, -0.1) is 11.3 Å². The average Bonchev–Trinajstić information content (AvgIpc) is 3.01. The van der Waals surface area contributed by atoms with E-state index in [-0.39, 0.29) is 0 Å². The second kappa shape index (κ2) is 6.63. The number of ether oxygens (including phenoxy) is 1. The third kappa shape index (κ3) is 3.05. The number of hydrogen-bond acceptors (Lipinski definition) is 4. The first-order valence-electron chi connectivity index (χ1n) is 7.95. The van der Waals surface area contributed by atoms with Crippen LogP contribution < -0.4 is 10.1 Å². The van der Waals surface area contributed by atoms with Crippen LogP contribution >= 0.6 is 38.9 Å². The van der Waals surface area contributed by atoms with Crippen molar-refractivity contribution in [2.45, 2.75) is 19.8 Å². The SMILES string of the molecule is COc1ccc(Br)c2c1-c1nc(Nc3ccc(C)c(Cl)c3)sc1CC2. The van der Waals surface area contributed by atoms with Crippen molar-refractivity contribution in [3.05, 3.63) is 55.8 Å². The van der Waals surface area contributed by atoms with Crippen LogP contribution in [0, 0.1) is 6.92 Å². The van der Waals surface area contributed by atoms with E-state index >= 15 is 0 Å². The molecule has 4 rings (SSSR count). The molecule has 1 N–H and O–H groups in total. The van der Waals surface area contributed by atoms with Gasteiger partial charge in [0.05, 0.1) is 12.8 Å². The first-order chi connectivity index (χ1) is 12.1. The van der Waals surface area contributed by atoms with E-state index in [9.17, 15) is 0 Å². The maximum absolute atomic E-state index is 6.23. The number of nitrogens with zero attached hydrogens (tertiary/aromatic N) is 1. The highest BCUT2D eigenvalue weighted by atomic mass is 79.9. The second-order valence-corrected chi connectivity index (χ2v) is 8.33. The predicted molar refractivity (Wildman–Crippen MR) is 109 cm³/mol. The molecule has 0 unspecified atom stereocenters. The normalized spacial score (nSPS) is 12.5. The van der Waals surface area contributed by atoms with Gasteiger partial charge in [0.25, 0.3) is 0 Å². The van der Waals surface area contributed by atoms with Crippen molar-refractivity contribution in [2.75, 3.05) is 12.4 Å². The van der Waals surface area contributed by atoms with Gasteiger partial charge in [0, 0.05) is 25.6 Å². The third-order valence-electron chi connectivity index (χ3n) is 4.40. The first kappa shape index (κ1) is 16.9. The molecule has 6 heteroatoms. The van der Waals surface area contributed by atoms with Gasteiger partial charge in [-0.2, -0.15) is 0 Å². The Hall–Kier alpha value is -1.56. The molecular weight excluding hydrogens is 420 g/mol. The summed E-state index contributed by atoms with van der Waals surface area (Å²) in [4.78, 5) is 6.13. The lowest BCUT2D eigenvalue weighted by atomic mass is 9.93. The topological polar surface area (TPSA) is 34.1 Å². The Balaban J connectivity index is 1.75. The number of nitrogens with one attached hydrogen (secondary N) is 1. The van der Waals surface area contributed by atoms with Crippen molar-refractivity contribution in [1.82, 2.24) is 4.98 Å². The van der Waals surface area contributed by atoms with Gasteiger partial charge >= 0.3 is 0 Å². The van der Waals surface area contributed by atoms with Crippen molar-refractivity contribution in [2.24, 2.45) is 0 Å². The molecule has 2 aromatic carbocycles. The first-order valence-corrected chi connectivity index (χ1v) is 9.94. The molecule has 1 heterocycles. The number of benzene rings is 2. The van der Waals surface area contributed by atoms with E-state index in [1.165, 1.54) is 10.4 Å². The number of aryl methyl sites for hydroxylation is 2. The molecule has 0 saturated carbocycles. The number of rotatable bonds is 3. The van der Waals surface area contributed by atoms with Crippen molar-refractivity contribution in [1.29, 1.82) is 0 Å². The summed E-state index contributed by atoms with van der Waals surface area (Å²) >= 11 is 11.6. The minimum atomic E-state index is 0.752. The minimum absolute atomic E-state index is 0.752. The van der Waals surface area contributed by atoms with E-state index in [0.717, 1.165) is 55.7 Å². The zero-order chi connectivity index (χ0) is 17.6. The van der Waals surface area contributed by atoms with Gasteiger partial charge in [-0.25, -0.2) is 4.98 Å². The molecule has 0 fully saturated rings. The molecule has 3 aromatic rings. The number of fused-ring (bicyclic) bond motifs is 3. The van der Waals surface area contributed by atoms with Gasteiger partial charge in [0.15, 0.2) is 5.13 Å². The molecule has 0 spiro atoms. The van der Waals surface area contributed by atoms with Gasteiger partial charge in [0.1, 0.15) is 5.75 Å². The van der Waals surface area contributed by atoms with Gasteiger partial charge in [-0.3, -0.25) is 0 Å². The number of anilines is 2. The van der Waals surface area contributed by atoms with Gasteiger partial charge in [-0.1, -0.05) is 33.6 Å². The van der Waals surface area contributed by atoms with Crippen molar-refractivity contribution >= 4 is 49.7 Å². The van der Waals surface area contributed by atoms with Crippen LogP contribution in [0.1, 0.15) is 16.0 Å². The largest absolute Gasteiger partial charge is 0.496 e. The molecule has 1 aliphatic carbocycles. The number of halogens is 2. The lowest BCUT2D eigenvalue weighted by Gasteiger charge is -2.19. The third-order valence-corrected chi connectivity index (χ3v) is 6.58. The summed E-state index contributed by atoms with van der Waals surface area (Å²) < 4.78 is 6.70. The van der Waals surface area contributed by atoms with Crippen molar-refractivity contribution < 1.29 is 4.74 Å². The molecule has 3 nitrogen and oxygen atoms in total. The predicted octanol–water partition coefficient (Wildman–Crippen LogP) is 6.39. The monoisotopic (exact) mass is 434 g/mol. The van der Waals surface area contributed by atoms with Crippen LogP contribution in [0.15, 0.2) is 34.8 Å². The van der Waals surface area contributed by atoms with Crippen LogP contribution in [0.4, 0.5) is 10.8 Å². The zero-order valence-corrected chi connectivity index (χ0v) is 17.0. The fraction of sp³-hybridized carbons (Fsp3) is 0.211. The summed E-state index contributed by atoms with van der Waals surface area (Å²) in [5.74, 6) is 0.870. The van der Waals surface area contributed by atoms with Crippen LogP contribution in [-0.4, -0.2) is 12.1 Å². The summed E-state index contributed by atoms with van der Waals surface area (Å²) in [5.41, 5.74) is 5.40. The van der Waals surface area contributed by atoms with Crippen LogP contribution in [0.2, 0.25) is 5.02 Å². The highest BCUT2D eigenvalue weighted by molar-refractivity contribution is 9.10. The average molecular weight is 436 g/mol. The van der Waals surface area contributed by atoms with Gasteiger partial charge < -0.3 is 10.1 Å². The van der Waals surface area contributed by atoms with E-state index in [1.807, 2.05) is 37.3 Å². The van der Waals surface area contributed by atoms with Crippen LogP contribution in [0.25, 0.3) is 11.3 Å². The van der Waals surface area contributed by atoms with E-state index < -0.39 is 0 Å². The minimum Gasteiger partial charge on any atom is -0.496 e. The summed E-state index contributed by atoms with van der Waals surface area (Å²) in [6, 6.07) is 10.00. The molecule has 1 aliphatic rings. The highest BCUT2D eigenvalue weighted by Crippen LogP contribution is 2.45. The summed E-state index contributed by atoms with van der Waals surface area (Å²) in [5, 5.41) is 5.01. The smallest absolute Gasteiger partial charge is 0.187 e. The zero-order valence-electron chi connectivity index (χ0n) is 13.8. The molecule has 0 radical (unpaired) electrons. The Bertz CT molecular complexity index is 970. The molecular formula is C19H16BrClN2OS. The van der Waals surface area contributed by atoms with Crippen LogP contribution in [-0.2, 0) is 12.8 Å². The standard InChI is InChI=1S/C19H16BrClN2OS/c1-10-3-4-11(9-14(10)21)22-19-23-18-16(25-19)8-5-12-13(20)6-7-15(24-2)17(12)18/h3-4,6-7,9H,5,8H2,1-2H3,(H,22,23). The van der Waals surface area contributed by atoms with Crippen LogP contribution in [0.3, 0.4) is 0 Å². The van der Waals surface area contributed by atoms with Crippen molar-refractivity contribution in [3.8, 4) is 17.0 Å². The summed E-state index contributed by atoms with van der Waals surface area (Å²) in [6.07, 6.45) is 1.97. The maximum Gasteiger partial charge on any atom is 0.187 e. The molecule has 25 heavy (non-hydrogen) atoms. The second-order valence-electron chi connectivity index (χ2n) is 5.98. The lowest BCUT2D eigenvalue weighted by Crippen LogP contribution is -2.05. The number of thiazole rings is 1. The van der Waals surface area contributed by atoms with E-state index in [2.05, 4.69) is 21.2 Å². The molecule has 0 atom stereocenters. The Morgan fingerprint density at radius 3 is 2.84 bits per heavy atom. The maximum atomic E-state index is 6.23. The molecule has 0 saturated heterocycles. The summed E-state index contributed by atoms with van der Waals surface area (Å²) in [6.45, 7) is 2.00. The van der Waals surface area contributed by atoms with Crippen molar-refractivity contribution in [3.63, 3.8) is 0 Å². The Labute approximate surface area is 164 Å². The molecule has 0 aliphatic heterocycles. The van der Waals surface area contributed by atoms with Gasteiger partial charge in [0.2, 0.25) is 0 Å². The quantitative estimate of drug-likeness (QED) is 0.518. The Kier molecular flexibility index (Phi) is 4.48. The Morgan fingerprint density at radius 2 is 2.08 bits per heavy atom. The molecule has 0 bridgehead atoms. The van der Waals surface area contributed by atoms with E-state index in [4.69, 9.17) is 21.3 Å². The number of aromatic nitrogens is 1. The van der Waals surface area contributed by atoms with Gasteiger partial charge in [-0.05, 0) is 55.2 Å². The summed E-state index contributed by atoms with van der Waals surface area (Å²) in [7, 11) is 1.71. The lowest BCUT2D eigenvalue weighted by molar-refractivity contribution is 0.415. The Morgan fingerprint density at radius 1 is 1.24 bits per heavy atom. The highest BCUT2D eigenvalue weighted by Gasteiger charge is 2.26. The number of methoxy groups -OCH3 is 1. The molecule has 128 valence electrons. The van der Waals surface area contributed by atoms with E-state index in [0.29, 0.717) is 0 Å². The molecule has 1 aromatic heterocycles.